The fourth-order valence-corrected chi connectivity index (χ4v) is 1.65. The summed E-state index contributed by atoms with van der Waals surface area (Å²) < 4.78 is 36.7. The van der Waals surface area contributed by atoms with Crippen molar-refractivity contribution < 1.29 is 23.7 Å². The second-order valence-electron chi connectivity index (χ2n) is 3.77. The molecule has 1 amide bonds. The van der Waals surface area contributed by atoms with Gasteiger partial charge >= 0.3 is 12.1 Å². The van der Waals surface area contributed by atoms with E-state index in [9.17, 15) is 18.0 Å². The van der Waals surface area contributed by atoms with Crippen LogP contribution in [0.1, 0.15) is 0 Å². The topological polar surface area (TPSA) is 56.7 Å². The lowest BCUT2D eigenvalue weighted by molar-refractivity contribution is -0.253. The maximum atomic E-state index is 12.2. The van der Waals surface area contributed by atoms with Crippen molar-refractivity contribution in [1.82, 2.24) is 0 Å². The predicted octanol–water partition coefficient (Wildman–Crippen LogP) is 2.21. The zero-order chi connectivity index (χ0) is 13.3. The van der Waals surface area contributed by atoms with Crippen LogP contribution in [-0.2, 0) is 4.79 Å². The average molecular weight is 255 g/mol. The van der Waals surface area contributed by atoms with E-state index in [4.69, 9.17) is 0 Å². The number of hydrogen-bond acceptors (Lipinski definition) is 1. The van der Waals surface area contributed by atoms with Gasteiger partial charge in [0.05, 0.1) is 0 Å². The van der Waals surface area contributed by atoms with E-state index >= 15 is 0 Å². The second-order valence-corrected chi connectivity index (χ2v) is 3.77. The lowest BCUT2D eigenvalue weighted by Crippen LogP contribution is -2.42. The Balaban J connectivity index is 2.50. The molecule has 2 aromatic rings. The van der Waals surface area contributed by atoms with Crippen LogP contribution in [0.5, 0.6) is 0 Å². The molecule has 6 heteroatoms. The summed E-state index contributed by atoms with van der Waals surface area (Å²) in [4.78, 5) is 11.0. The SMILES string of the molecule is [NH3+]c1ccc2ccccc2c1NC(=O)C(F)(F)F. The largest absolute Gasteiger partial charge is 0.471 e. The highest BCUT2D eigenvalue weighted by Gasteiger charge is 2.39. The second kappa shape index (κ2) is 4.30. The first-order valence-corrected chi connectivity index (χ1v) is 5.11. The van der Waals surface area contributed by atoms with Crippen LogP contribution >= 0.6 is 0 Å². The minimum Gasteiger partial charge on any atom is -0.323 e. The van der Waals surface area contributed by atoms with Gasteiger partial charge in [0.2, 0.25) is 0 Å². The van der Waals surface area contributed by atoms with Crippen LogP contribution in [0.25, 0.3) is 10.8 Å². The molecule has 0 saturated carbocycles. The first-order valence-electron chi connectivity index (χ1n) is 5.11. The van der Waals surface area contributed by atoms with Crippen molar-refractivity contribution in [1.29, 1.82) is 0 Å². The van der Waals surface area contributed by atoms with Crippen molar-refractivity contribution in [3.05, 3.63) is 36.4 Å². The van der Waals surface area contributed by atoms with Gasteiger partial charge in [-0.05, 0) is 11.5 Å². The van der Waals surface area contributed by atoms with E-state index in [1.54, 1.807) is 36.4 Å². The quantitative estimate of drug-likeness (QED) is 0.806. The molecule has 0 spiro atoms. The number of halogens is 3. The lowest BCUT2D eigenvalue weighted by Gasteiger charge is -2.11. The number of fused-ring (bicyclic) bond motifs is 1. The summed E-state index contributed by atoms with van der Waals surface area (Å²) in [6.45, 7) is 0. The average Bonchev–Trinajstić information content (AvgIpc) is 2.31. The third-order valence-corrected chi connectivity index (χ3v) is 2.51. The van der Waals surface area contributed by atoms with E-state index in [1.165, 1.54) is 0 Å². The van der Waals surface area contributed by atoms with Crippen molar-refractivity contribution in [3.8, 4) is 0 Å². The number of carbonyl (C=O) groups is 1. The summed E-state index contributed by atoms with van der Waals surface area (Å²) in [5.41, 5.74) is 4.06. The zero-order valence-corrected chi connectivity index (χ0v) is 9.21. The molecule has 0 radical (unpaired) electrons. The number of hydrogen-bond donors (Lipinski definition) is 2. The van der Waals surface area contributed by atoms with Gasteiger partial charge in [0.15, 0.2) is 5.69 Å². The van der Waals surface area contributed by atoms with Crippen LogP contribution in [0.4, 0.5) is 24.5 Å². The number of carbonyl (C=O) groups excluding carboxylic acids is 1. The summed E-state index contributed by atoms with van der Waals surface area (Å²) in [5.74, 6) is -2.00. The van der Waals surface area contributed by atoms with Gasteiger partial charge in [0, 0.05) is 11.5 Å². The van der Waals surface area contributed by atoms with Crippen molar-refractivity contribution in [3.63, 3.8) is 0 Å². The molecule has 0 bridgehead atoms. The number of alkyl halides is 3. The standard InChI is InChI=1S/C12H9F3N2O/c13-12(14,15)11(18)17-10-8-4-2-1-3-7(8)5-6-9(10)16/h1-6H,16H2,(H,17,18)/p+1. The van der Waals surface area contributed by atoms with Gasteiger partial charge in [-0.2, -0.15) is 13.2 Å². The molecular weight excluding hydrogens is 245 g/mol. The zero-order valence-electron chi connectivity index (χ0n) is 9.21. The molecule has 0 aliphatic heterocycles. The lowest BCUT2D eigenvalue weighted by atomic mass is 10.1. The first kappa shape index (κ1) is 12.4. The van der Waals surface area contributed by atoms with Crippen LogP contribution in [0.15, 0.2) is 36.4 Å². The molecule has 3 nitrogen and oxygen atoms in total. The van der Waals surface area contributed by atoms with Gasteiger partial charge in [-0.25, -0.2) is 0 Å². The Morgan fingerprint density at radius 2 is 1.78 bits per heavy atom. The third kappa shape index (κ3) is 2.28. The number of rotatable bonds is 1. The summed E-state index contributed by atoms with van der Waals surface area (Å²) in [6.07, 6.45) is -4.91. The van der Waals surface area contributed by atoms with Gasteiger partial charge in [-0.15, -0.1) is 0 Å². The van der Waals surface area contributed by atoms with Crippen LogP contribution in [0, 0.1) is 0 Å². The molecule has 4 N–H and O–H groups in total. The fraction of sp³-hybridized carbons (Fsp3) is 0.0833. The Labute approximate surface area is 100 Å². The highest BCUT2D eigenvalue weighted by molar-refractivity contribution is 6.07. The number of benzene rings is 2. The molecule has 0 heterocycles. The van der Waals surface area contributed by atoms with Gasteiger partial charge in [-0.3, -0.25) is 4.79 Å². The Morgan fingerprint density at radius 3 is 2.44 bits per heavy atom. The van der Waals surface area contributed by atoms with Crippen molar-refractivity contribution >= 4 is 28.1 Å². The number of amides is 1. The maximum Gasteiger partial charge on any atom is 0.471 e. The Hall–Kier alpha value is -2.08. The molecule has 94 valence electrons. The molecule has 0 atom stereocenters. The number of quaternary nitrogens is 1. The third-order valence-electron chi connectivity index (χ3n) is 2.51. The van der Waals surface area contributed by atoms with Gasteiger partial charge < -0.3 is 11.1 Å². The number of nitrogens with one attached hydrogen (secondary N) is 1. The van der Waals surface area contributed by atoms with Crippen LogP contribution in [-0.4, -0.2) is 12.1 Å². The van der Waals surface area contributed by atoms with Gasteiger partial charge in [-0.1, -0.05) is 24.3 Å². The van der Waals surface area contributed by atoms with Gasteiger partial charge in [0.25, 0.3) is 0 Å². The normalized spacial score (nSPS) is 11.6. The Morgan fingerprint density at radius 1 is 1.11 bits per heavy atom. The summed E-state index contributed by atoms with van der Waals surface area (Å²) in [5, 5.41) is 3.14. The minimum atomic E-state index is -4.91. The molecule has 2 rings (SSSR count). The molecule has 0 unspecified atom stereocenters. The molecule has 18 heavy (non-hydrogen) atoms. The molecule has 0 saturated heterocycles. The van der Waals surface area contributed by atoms with Gasteiger partial charge in [0.1, 0.15) is 5.69 Å². The Bertz CT molecular complexity index is 608. The van der Waals surface area contributed by atoms with Crippen LogP contribution in [0.2, 0.25) is 0 Å². The monoisotopic (exact) mass is 255 g/mol. The first-order chi connectivity index (χ1) is 8.39. The van der Waals surface area contributed by atoms with Crippen molar-refractivity contribution in [2.75, 3.05) is 5.32 Å². The van der Waals surface area contributed by atoms with E-state index in [0.29, 0.717) is 11.1 Å². The van der Waals surface area contributed by atoms with E-state index in [2.05, 4.69) is 5.73 Å². The summed E-state index contributed by atoms with van der Waals surface area (Å²) in [7, 11) is 0. The number of anilines is 1. The van der Waals surface area contributed by atoms with Crippen LogP contribution in [0.3, 0.4) is 0 Å². The van der Waals surface area contributed by atoms with E-state index in [-0.39, 0.29) is 5.69 Å². The highest BCUT2D eigenvalue weighted by atomic mass is 19.4. The molecule has 0 aliphatic carbocycles. The maximum absolute atomic E-state index is 12.2. The molecule has 0 fully saturated rings. The minimum absolute atomic E-state index is 0.0930. The Kier molecular flexibility index (Phi) is 2.96. The van der Waals surface area contributed by atoms with E-state index < -0.39 is 12.1 Å². The van der Waals surface area contributed by atoms with E-state index in [0.717, 1.165) is 5.39 Å². The van der Waals surface area contributed by atoms with Crippen LogP contribution < -0.4 is 11.1 Å². The smallest absolute Gasteiger partial charge is 0.323 e. The molecular formula is C12H10F3N2O+. The highest BCUT2D eigenvalue weighted by Crippen LogP contribution is 2.29. The van der Waals surface area contributed by atoms with Crippen molar-refractivity contribution in [2.45, 2.75) is 6.18 Å². The summed E-state index contributed by atoms with van der Waals surface area (Å²) >= 11 is 0. The van der Waals surface area contributed by atoms with E-state index in [1.807, 2.05) is 5.32 Å². The molecule has 2 aromatic carbocycles. The predicted molar refractivity (Wildman–Crippen MR) is 61.2 cm³/mol. The van der Waals surface area contributed by atoms with Crippen molar-refractivity contribution in [2.24, 2.45) is 0 Å². The summed E-state index contributed by atoms with van der Waals surface area (Å²) in [6, 6.07) is 10.1. The fourth-order valence-electron chi connectivity index (χ4n) is 1.65. The molecule has 0 aromatic heterocycles. The molecule has 0 aliphatic rings.